The number of nitrogens with two attached hydrogens (primary N) is 1. The minimum Gasteiger partial charge on any atom is -0.397 e. The van der Waals surface area contributed by atoms with E-state index in [1.807, 2.05) is 6.92 Å². The molecule has 0 aliphatic carbocycles. The summed E-state index contributed by atoms with van der Waals surface area (Å²) in [6, 6.07) is 3.52. The molecule has 1 aromatic heterocycles. The minimum atomic E-state index is -0.247. The number of nitrogens with one attached hydrogen (secondary N) is 1. The number of hydrogen-bond acceptors (Lipinski definition) is 4. The van der Waals surface area contributed by atoms with Crippen molar-refractivity contribution < 1.29 is 9.53 Å². The molecule has 1 atom stereocenters. The summed E-state index contributed by atoms with van der Waals surface area (Å²) in [5.74, 6) is -0.0275. The third-order valence-corrected chi connectivity index (χ3v) is 3.07. The van der Waals surface area contributed by atoms with Crippen LogP contribution in [0.5, 0.6) is 0 Å². The van der Waals surface area contributed by atoms with Crippen LogP contribution in [0.15, 0.2) is 18.3 Å². The lowest BCUT2D eigenvalue weighted by Gasteiger charge is -2.34. The van der Waals surface area contributed by atoms with E-state index in [1.54, 1.807) is 18.3 Å². The average molecular weight is 249 g/mol. The summed E-state index contributed by atoms with van der Waals surface area (Å²) in [6.07, 6.45) is 3.77. The molecule has 5 nitrogen and oxygen atoms in total. The van der Waals surface area contributed by atoms with Crippen LogP contribution in [0.3, 0.4) is 0 Å². The highest BCUT2D eigenvalue weighted by atomic mass is 16.5. The highest BCUT2D eigenvalue weighted by Crippen LogP contribution is 2.18. The first-order chi connectivity index (χ1) is 8.57. The number of nitrogen functional groups attached to an aromatic ring is 1. The Morgan fingerprint density at radius 3 is 3.06 bits per heavy atom. The first kappa shape index (κ1) is 12.8. The normalized spacial score (nSPS) is 23.6. The number of aromatic nitrogens is 1. The smallest absolute Gasteiger partial charge is 0.226 e. The van der Waals surface area contributed by atoms with Gasteiger partial charge in [0.1, 0.15) is 0 Å². The number of nitrogens with zero attached hydrogens (tertiary/aromatic N) is 1. The van der Waals surface area contributed by atoms with Crippen LogP contribution in [0, 0.1) is 0 Å². The van der Waals surface area contributed by atoms with Crippen molar-refractivity contribution in [2.24, 2.45) is 0 Å². The Morgan fingerprint density at radius 1 is 1.61 bits per heavy atom. The number of hydrogen-bond donors (Lipinski definition) is 2. The fourth-order valence-electron chi connectivity index (χ4n) is 2.12. The lowest BCUT2D eigenvalue weighted by molar-refractivity contribution is -0.124. The largest absolute Gasteiger partial charge is 0.397 e. The van der Waals surface area contributed by atoms with Gasteiger partial charge in [-0.2, -0.15) is 0 Å². The molecule has 0 spiro atoms. The molecule has 0 bridgehead atoms. The average Bonchev–Trinajstić information content (AvgIpc) is 2.32. The maximum Gasteiger partial charge on any atom is 0.226 e. The van der Waals surface area contributed by atoms with Crippen molar-refractivity contribution in [3.05, 3.63) is 24.0 Å². The zero-order valence-electron chi connectivity index (χ0n) is 10.6. The molecule has 0 radical (unpaired) electrons. The maximum absolute atomic E-state index is 11.9. The molecule has 0 aromatic carbocycles. The van der Waals surface area contributed by atoms with Crippen LogP contribution >= 0.6 is 0 Å². The quantitative estimate of drug-likeness (QED) is 0.834. The first-order valence-electron chi connectivity index (χ1n) is 6.17. The van der Waals surface area contributed by atoms with Gasteiger partial charge in [-0.1, -0.05) is 0 Å². The second kappa shape index (κ2) is 5.35. The first-order valence-corrected chi connectivity index (χ1v) is 6.17. The summed E-state index contributed by atoms with van der Waals surface area (Å²) in [7, 11) is 0. The van der Waals surface area contributed by atoms with Crippen molar-refractivity contribution in [1.82, 2.24) is 10.3 Å². The molecule has 3 N–H and O–H groups in total. The zero-order valence-corrected chi connectivity index (χ0v) is 10.6. The molecule has 2 rings (SSSR count). The topological polar surface area (TPSA) is 77.2 Å². The fourth-order valence-corrected chi connectivity index (χ4v) is 2.12. The minimum absolute atomic E-state index is 0.0275. The highest BCUT2D eigenvalue weighted by molar-refractivity contribution is 5.79. The van der Waals surface area contributed by atoms with E-state index in [2.05, 4.69) is 10.3 Å². The van der Waals surface area contributed by atoms with Crippen molar-refractivity contribution in [3.8, 4) is 0 Å². The third kappa shape index (κ3) is 3.43. The van der Waals surface area contributed by atoms with E-state index in [0.29, 0.717) is 12.3 Å². The lowest BCUT2D eigenvalue weighted by Crippen LogP contribution is -2.52. The number of carbonyl (C=O) groups excluding carboxylic acids is 1. The summed E-state index contributed by atoms with van der Waals surface area (Å²) in [6.45, 7) is 3.37. The van der Waals surface area contributed by atoms with E-state index in [0.717, 1.165) is 25.1 Å². The van der Waals surface area contributed by atoms with Crippen molar-refractivity contribution in [1.29, 1.82) is 0 Å². The monoisotopic (exact) mass is 249 g/mol. The molecule has 18 heavy (non-hydrogen) atoms. The number of amides is 1. The molecule has 2 heterocycles. The van der Waals surface area contributed by atoms with Crippen LogP contribution in [0.4, 0.5) is 5.69 Å². The van der Waals surface area contributed by atoms with Crippen LogP contribution in [-0.4, -0.2) is 29.6 Å². The van der Waals surface area contributed by atoms with Gasteiger partial charge in [-0.05, 0) is 31.9 Å². The van der Waals surface area contributed by atoms with Crippen LogP contribution in [0.25, 0.3) is 0 Å². The summed E-state index contributed by atoms with van der Waals surface area (Å²) in [4.78, 5) is 16.0. The number of carbonyl (C=O) groups is 1. The molecular formula is C13H19N3O2. The van der Waals surface area contributed by atoms with Crippen molar-refractivity contribution in [2.45, 2.75) is 31.7 Å². The van der Waals surface area contributed by atoms with Gasteiger partial charge >= 0.3 is 0 Å². The van der Waals surface area contributed by atoms with Gasteiger partial charge in [0.05, 0.1) is 30.5 Å². The Balaban J connectivity index is 1.90. The molecular weight excluding hydrogens is 230 g/mol. The maximum atomic E-state index is 11.9. The van der Waals surface area contributed by atoms with Gasteiger partial charge < -0.3 is 15.8 Å². The summed E-state index contributed by atoms with van der Waals surface area (Å²) in [5, 5.41) is 3.02. The standard InChI is InChI=1S/C13H19N3O2/c1-13(5-2-6-18-9-13)16-12(17)7-11-4-3-10(14)8-15-11/h3-4,8H,2,5-7,9,14H2,1H3,(H,16,17). The van der Waals surface area contributed by atoms with Gasteiger partial charge in [-0.15, -0.1) is 0 Å². The van der Waals surface area contributed by atoms with E-state index in [9.17, 15) is 4.79 Å². The number of ether oxygens (including phenoxy) is 1. The van der Waals surface area contributed by atoms with Gasteiger partial charge in [0.15, 0.2) is 0 Å². The van der Waals surface area contributed by atoms with Crippen LogP contribution < -0.4 is 11.1 Å². The molecule has 1 amide bonds. The van der Waals surface area contributed by atoms with E-state index >= 15 is 0 Å². The predicted molar refractivity (Wildman–Crippen MR) is 69.0 cm³/mol. The van der Waals surface area contributed by atoms with Crippen LogP contribution in [0.1, 0.15) is 25.5 Å². The molecule has 1 fully saturated rings. The Morgan fingerprint density at radius 2 is 2.44 bits per heavy atom. The van der Waals surface area contributed by atoms with E-state index < -0.39 is 0 Å². The molecule has 1 aliphatic heterocycles. The van der Waals surface area contributed by atoms with E-state index in [4.69, 9.17) is 10.5 Å². The number of pyridine rings is 1. The molecule has 1 saturated heterocycles. The van der Waals surface area contributed by atoms with E-state index in [-0.39, 0.29) is 17.9 Å². The van der Waals surface area contributed by atoms with E-state index in [1.165, 1.54) is 0 Å². The van der Waals surface area contributed by atoms with Crippen molar-refractivity contribution in [3.63, 3.8) is 0 Å². The third-order valence-electron chi connectivity index (χ3n) is 3.07. The molecule has 5 heteroatoms. The number of anilines is 1. The Kier molecular flexibility index (Phi) is 3.81. The van der Waals surface area contributed by atoms with Gasteiger partial charge in [0, 0.05) is 12.3 Å². The molecule has 1 unspecified atom stereocenters. The Hall–Kier alpha value is -1.62. The van der Waals surface area contributed by atoms with Crippen LogP contribution in [-0.2, 0) is 16.0 Å². The Labute approximate surface area is 107 Å². The summed E-state index contributed by atoms with van der Waals surface area (Å²) in [5.41, 5.74) is 6.63. The summed E-state index contributed by atoms with van der Waals surface area (Å²) < 4.78 is 5.41. The second-order valence-electron chi connectivity index (χ2n) is 5.02. The van der Waals surface area contributed by atoms with Gasteiger partial charge in [-0.3, -0.25) is 9.78 Å². The van der Waals surface area contributed by atoms with Gasteiger partial charge in [0.25, 0.3) is 0 Å². The zero-order chi connectivity index (χ0) is 13.0. The SMILES string of the molecule is CC1(NC(=O)Cc2ccc(N)cn2)CCCOC1. The lowest BCUT2D eigenvalue weighted by atomic mass is 9.94. The second-order valence-corrected chi connectivity index (χ2v) is 5.02. The van der Waals surface area contributed by atoms with Crippen molar-refractivity contribution in [2.75, 3.05) is 18.9 Å². The molecule has 1 aliphatic rings. The number of rotatable bonds is 3. The molecule has 0 saturated carbocycles. The Bertz CT molecular complexity index is 411. The van der Waals surface area contributed by atoms with Crippen molar-refractivity contribution >= 4 is 11.6 Å². The van der Waals surface area contributed by atoms with Crippen LogP contribution in [0.2, 0.25) is 0 Å². The molecule has 98 valence electrons. The highest BCUT2D eigenvalue weighted by Gasteiger charge is 2.29. The van der Waals surface area contributed by atoms with Gasteiger partial charge in [-0.25, -0.2) is 0 Å². The molecule has 1 aromatic rings. The predicted octanol–water partition coefficient (Wildman–Crippen LogP) is 0.892. The van der Waals surface area contributed by atoms with Gasteiger partial charge in [0.2, 0.25) is 5.91 Å². The fraction of sp³-hybridized carbons (Fsp3) is 0.538. The summed E-state index contributed by atoms with van der Waals surface area (Å²) >= 11 is 0.